The number of hydrogen-bond donors (Lipinski definition) is 6. The minimum absolute atomic E-state index is 0.0701. The summed E-state index contributed by atoms with van der Waals surface area (Å²) < 4.78 is 5.74. The van der Waals surface area contributed by atoms with Gasteiger partial charge in [-0.3, -0.25) is 19.2 Å². The summed E-state index contributed by atoms with van der Waals surface area (Å²) in [5, 5.41) is 11.5. The molecule has 0 aliphatic carbocycles. The van der Waals surface area contributed by atoms with Crippen LogP contribution < -0.4 is 32.7 Å². The van der Waals surface area contributed by atoms with Gasteiger partial charge in [0.1, 0.15) is 24.2 Å². The van der Waals surface area contributed by atoms with Crippen molar-refractivity contribution in [2.24, 2.45) is 23.3 Å². The lowest BCUT2D eigenvalue weighted by Crippen LogP contribution is -2.59. The summed E-state index contributed by atoms with van der Waals surface area (Å²) in [4.78, 5) is 69.8. The maximum Gasteiger partial charge on any atom is 0.407 e. The molecule has 0 saturated carbocycles. The quantitative estimate of drug-likeness (QED) is 0.122. The Labute approximate surface area is 281 Å². The van der Waals surface area contributed by atoms with Crippen molar-refractivity contribution in [3.63, 3.8) is 0 Å². The molecule has 5 atom stereocenters. The van der Waals surface area contributed by atoms with Gasteiger partial charge in [-0.2, -0.15) is 0 Å². The Morgan fingerprint density at radius 2 is 1.55 bits per heavy atom. The van der Waals surface area contributed by atoms with Crippen molar-refractivity contribution in [3.8, 4) is 0 Å². The number of methoxy groups -OCH3 is 1. The van der Waals surface area contributed by atoms with Crippen LogP contribution in [0, 0.1) is 11.8 Å². The van der Waals surface area contributed by atoms with Gasteiger partial charge in [-0.15, -0.1) is 11.3 Å². The number of ether oxygens (including phenoxy) is 1. The normalized spacial score (nSPS) is 14.6. The van der Waals surface area contributed by atoms with Gasteiger partial charge < -0.3 is 37.5 Å². The number of hydrogen-bond acceptors (Lipinski definition) is 9. The van der Waals surface area contributed by atoms with Crippen LogP contribution >= 0.6 is 11.3 Å². The highest BCUT2D eigenvalue weighted by Gasteiger charge is 2.33. The van der Waals surface area contributed by atoms with Crippen LogP contribution in [0.4, 0.5) is 4.79 Å². The maximum atomic E-state index is 13.7. The number of nitrogens with one attached hydrogen (secondary N) is 4. The number of aromatic nitrogens is 1. The highest BCUT2D eigenvalue weighted by atomic mass is 32.1. The lowest BCUT2D eigenvalue weighted by Gasteiger charge is -2.28. The molecule has 2 rings (SSSR count). The number of nitrogens with zero attached hydrogens (tertiary/aromatic N) is 1. The zero-order valence-corrected chi connectivity index (χ0v) is 29.5. The van der Waals surface area contributed by atoms with Crippen LogP contribution in [0.2, 0.25) is 0 Å². The molecular weight excluding hydrogens is 622 g/mol. The summed E-state index contributed by atoms with van der Waals surface area (Å²) in [6, 6.07) is 2.01. The van der Waals surface area contributed by atoms with E-state index in [1.165, 1.54) is 18.4 Å². The Balaban J connectivity index is 2.30. The summed E-state index contributed by atoms with van der Waals surface area (Å²) in [6.07, 6.45) is 1.59. The predicted molar refractivity (Wildman–Crippen MR) is 184 cm³/mol. The fraction of sp³-hybridized carbons (Fsp3) is 0.636. The van der Waals surface area contributed by atoms with Gasteiger partial charge in [0, 0.05) is 6.42 Å². The zero-order valence-electron chi connectivity index (χ0n) is 28.7. The summed E-state index contributed by atoms with van der Waals surface area (Å²) in [5.74, 6) is -2.29. The molecule has 47 heavy (non-hydrogen) atoms. The van der Waals surface area contributed by atoms with E-state index >= 15 is 0 Å². The molecule has 0 aliphatic rings. The smallest absolute Gasteiger partial charge is 0.407 e. The van der Waals surface area contributed by atoms with Gasteiger partial charge in [0.25, 0.3) is 0 Å². The first-order valence-corrected chi connectivity index (χ1v) is 17.2. The predicted octanol–water partition coefficient (Wildman–Crippen LogP) is 2.85. The molecule has 0 bridgehead atoms. The second-order valence-electron chi connectivity index (χ2n) is 12.7. The number of thiazole rings is 1. The Kier molecular flexibility index (Phi) is 16.0. The fourth-order valence-electron chi connectivity index (χ4n) is 4.99. The molecule has 0 spiro atoms. The number of fused-ring (bicyclic) bond motifs is 1. The van der Waals surface area contributed by atoms with Crippen molar-refractivity contribution in [1.82, 2.24) is 26.3 Å². The first-order chi connectivity index (χ1) is 22.2. The zero-order chi connectivity index (χ0) is 35.3. The number of unbranched alkanes of at least 4 members (excludes halogenated alkanes) is 1. The third-order valence-electron chi connectivity index (χ3n) is 8.04. The first kappa shape index (κ1) is 39.4. The van der Waals surface area contributed by atoms with Gasteiger partial charge in [-0.05, 0) is 67.7 Å². The largest absolute Gasteiger partial charge is 0.453 e. The van der Waals surface area contributed by atoms with Crippen LogP contribution in [0.25, 0.3) is 10.2 Å². The van der Waals surface area contributed by atoms with Gasteiger partial charge in [0.2, 0.25) is 23.6 Å². The molecule has 1 aromatic carbocycles. The number of carbonyl (C=O) groups is 5. The van der Waals surface area contributed by atoms with E-state index in [1.54, 1.807) is 0 Å². The highest BCUT2D eigenvalue weighted by molar-refractivity contribution is 7.18. The molecule has 1 heterocycles. The molecule has 0 aliphatic heterocycles. The highest BCUT2D eigenvalue weighted by Crippen LogP contribution is 2.27. The average Bonchev–Trinajstić information content (AvgIpc) is 3.43. The van der Waals surface area contributed by atoms with E-state index in [1.807, 2.05) is 39.8 Å². The van der Waals surface area contributed by atoms with Gasteiger partial charge in [0.15, 0.2) is 0 Å². The molecular formula is C33H53N7O6S. The average molecular weight is 676 g/mol. The topological polar surface area (TPSA) is 208 Å². The van der Waals surface area contributed by atoms with Crippen LogP contribution in [0.15, 0.2) is 18.2 Å². The van der Waals surface area contributed by atoms with Crippen molar-refractivity contribution in [1.29, 1.82) is 0 Å². The van der Waals surface area contributed by atoms with Crippen LogP contribution in [-0.4, -0.2) is 72.5 Å². The number of alkyl carbamates (subject to hydrolysis) is 1. The Hall–Kier alpha value is -3.78. The number of benzene rings is 1. The lowest BCUT2D eigenvalue weighted by molar-refractivity contribution is -0.134. The summed E-state index contributed by atoms with van der Waals surface area (Å²) >= 11 is 1.43. The molecule has 0 fully saturated rings. The number of nitrogens with two attached hydrogens (primary N) is 2. The molecule has 2 aromatic rings. The summed E-state index contributed by atoms with van der Waals surface area (Å²) in [5.41, 5.74) is 13.1. The molecule has 262 valence electrons. The molecule has 14 heteroatoms. The number of amides is 5. The second kappa shape index (κ2) is 19.1. The maximum absolute atomic E-state index is 13.7. The lowest BCUT2D eigenvalue weighted by atomic mass is 9.96. The monoisotopic (exact) mass is 675 g/mol. The van der Waals surface area contributed by atoms with Gasteiger partial charge >= 0.3 is 6.09 Å². The van der Waals surface area contributed by atoms with Crippen molar-refractivity contribution in [2.45, 2.75) is 110 Å². The van der Waals surface area contributed by atoms with Crippen LogP contribution in [0.1, 0.15) is 90.1 Å². The van der Waals surface area contributed by atoms with Crippen molar-refractivity contribution in [2.75, 3.05) is 13.7 Å². The van der Waals surface area contributed by atoms with E-state index in [0.717, 1.165) is 15.8 Å². The molecule has 1 aromatic heterocycles. The molecule has 13 nitrogen and oxygen atoms in total. The van der Waals surface area contributed by atoms with Crippen molar-refractivity contribution in [3.05, 3.63) is 28.8 Å². The number of primary amides is 1. The molecule has 5 amide bonds. The van der Waals surface area contributed by atoms with Crippen molar-refractivity contribution >= 4 is 51.3 Å². The minimum atomic E-state index is -1.09. The third-order valence-corrected chi connectivity index (χ3v) is 9.08. The minimum Gasteiger partial charge on any atom is -0.453 e. The van der Waals surface area contributed by atoms with Gasteiger partial charge in [-0.1, -0.05) is 54.0 Å². The van der Waals surface area contributed by atoms with Gasteiger partial charge in [-0.25, -0.2) is 9.78 Å². The van der Waals surface area contributed by atoms with E-state index < -0.39 is 53.9 Å². The van der Waals surface area contributed by atoms with Crippen LogP contribution in [0.5, 0.6) is 0 Å². The molecule has 0 unspecified atom stereocenters. The van der Waals surface area contributed by atoms with Crippen LogP contribution in [0.3, 0.4) is 0 Å². The third kappa shape index (κ3) is 12.4. The molecule has 0 radical (unpaired) electrons. The van der Waals surface area contributed by atoms with Crippen molar-refractivity contribution < 1.29 is 28.7 Å². The Bertz CT molecular complexity index is 1360. The van der Waals surface area contributed by atoms with E-state index in [4.69, 9.17) is 16.2 Å². The van der Waals surface area contributed by atoms with E-state index in [-0.39, 0.29) is 24.7 Å². The van der Waals surface area contributed by atoms with E-state index in [9.17, 15) is 24.0 Å². The second-order valence-corrected chi connectivity index (χ2v) is 13.8. The van der Waals surface area contributed by atoms with Gasteiger partial charge in [0.05, 0.1) is 22.3 Å². The fourth-order valence-corrected chi connectivity index (χ4v) is 6.05. The molecule has 0 saturated heterocycles. The standard InChI is InChI=1S/C33H53N7O6S/c1-8-20(6)28(32(44)37-23(11-9-10-14-34)30(42)38-24(29(35)41)15-18(2)3)40-31(43)25(39-33(45)46-7)17-27-36-22-13-12-21(19(4)5)16-26(22)47-27/h12-13,16,18-20,23-25,28H,8-11,14-15,17,34H2,1-7H3,(H2,35,41)(H,37,44)(H,38,42)(H,39,45)(H,40,43)/t20-,23-,24-,25-,28-/m0/s1. The Morgan fingerprint density at radius 1 is 0.894 bits per heavy atom. The van der Waals surface area contributed by atoms with E-state index in [2.05, 4.69) is 46.2 Å². The van der Waals surface area contributed by atoms with E-state index in [0.29, 0.717) is 43.2 Å². The first-order valence-electron chi connectivity index (χ1n) is 16.3. The Morgan fingerprint density at radius 3 is 2.13 bits per heavy atom. The number of carbonyl (C=O) groups excluding carboxylic acids is 5. The number of rotatable bonds is 19. The SMILES string of the molecule is CC[C@H](C)[C@H](NC(=O)[C@H](Cc1nc2ccc(C(C)C)cc2s1)NC(=O)OC)C(=O)N[C@@H](CCCCN)C(=O)N[C@@H](CC(C)C)C(N)=O. The summed E-state index contributed by atoms with van der Waals surface area (Å²) in [6.45, 7) is 12.1. The molecule has 8 N–H and O–H groups in total. The summed E-state index contributed by atoms with van der Waals surface area (Å²) in [7, 11) is 1.20. The van der Waals surface area contributed by atoms with Crippen LogP contribution in [-0.2, 0) is 30.3 Å².